The van der Waals surface area contributed by atoms with Gasteiger partial charge in [-0.15, -0.1) is 11.3 Å². The number of nitrogens with one attached hydrogen (secondary N) is 1. The highest BCUT2D eigenvalue weighted by molar-refractivity contribution is 7.10. The Labute approximate surface area is 148 Å². The molecule has 1 aliphatic rings. The summed E-state index contributed by atoms with van der Waals surface area (Å²) < 4.78 is 15.8. The van der Waals surface area contributed by atoms with Crippen molar-refractivity contribution in [1.29, 1.82) is 0 Å². The molecule has 4 rings (SSSR count). The number of carbonyl (C=O) groups is 1. The number of aliphatic hydroxyl groups is 1. The smallest absolute Gasteiger partial charge is 0.275 e. The molecule has 3 aromatic heterocycles. The van der Waals surface area contributed by atoms with E-state index in [1.807, 2.05) is 24.4 Å². The van der Waals surface area contributed by atoms with Crippen molar-refractivity contribution in [2.75, 3.05) is 0 Å². The monoisotopic (exact) mass is 359 g/mol. The van der Waals surface area contributed by atoms with Crippen molar-refractivity contribution in [3.05, 3.63) is 57.9 Å². The summed E-state index contributed by atoms with van der Waals surface area (Å²) in [5.41, 5.74) is 1.16. The minimum atomic E-state index is -0.661. The van der Waals surface area contributed by atoms with Crippen molar-refractivity contribution in [3.8, 4) is 0 Å². The Hall–Kier alpha value is -2.25. The number of amides is 1. The van der Waals surface area contributed by atoms with Crippen molar-refractivity contribution in [2.45, 2.75) is 31.9 Å². The van der Waals surface area contributed by atoms with Crippen LogP contribution in [-0.4, -0.2) is 26.5 Å². The molecule has 1 saturated carbocycles. The quantitative estimate of drug-likeness (QED) is 0.752. The van der Waals surface area contributed by atoms with Crippen LogP contribution in [-0.2, 0) is 0 Å². The van der Waals surface area contributed by atoms with E-state index in [-0.39, 0.29) is 23.8 Å². The Morgan fingerprint density at radius 1 is 1.48 bits per heavy atom. The van der Waals surface area contributed by atoms with E-state index in [0.717, 1.165) is 10.4 Å². The lowest BCUT2D eigenvalue weighted by molar-refractivity contribution is 0.0240. The maximum atomic E-state index is 14.6. The maximum absolute atomic E-state index is 14.6. The van der Waals surface area contributed by atoms with Crippen LogP contribution in [0, 0.1) is 18.8 Å². The van der Waals surface area contributed by atoms with E-state index in [1.165, 1.54) is 4.40 Å². The van der Waals surface area contributed by atoms with Gasteiger partial charge in [0.15, 0.2) is 5.69 Å². The molecule has 0 spiro atoms. The zero-order valence-corrected chi connectivity index (χ0v) is 14.5. The number of rotatable bonds is 4. The zero-order chi connectivity index (χ0) is 17.6. The molecule has 0 aromatic carbocycles. The predicted molar refractivity (Wildman–Crippen MR) is 93.1 cm³/mol. The van der Waals surface area contributed by atoms with Gasteiger partial charge in [0.1, 0.15) is 5.65 Å². The molecule has 5 nitrogen and oxygen atoms in total. The van der Waals surface area contributed by atoms with Gasteiger partial charge in [0, 0.05) is 11.1 Å². The molecule has 1 aliphatic carbocycles. The van der Waals surface area contributed by atoms with Crippen LogP contribution in [0.2, 0.25) is 0 Å². The van der Waals surface area contributed by atoms with Crippen LogP contribution < -0.4 is 5.32 Å². The molecule has 0 saturated heterocycles. The fraction of sp³-hybridized carbons (Fsp3) is 0.333. The maximum Gasteiger partial charge on any atom is 0.275 e. The van der Waals surface area contributed by atoms with E-state index < -0.39 is 11.9 Å². The van der Waals surface area contributed by atoms with Crippen molar-refractivity contribution in [3.63, 3.8) is 0 Å². The van der Waals surface area contributed by atoms with Gasteiger partial charge >= 0.3 is 0 Å². The van der Waals surface area contributed by atoms with Gasteiger partial charge in [0.05, 0.1) is 12.1 Å². The molecule has 1 fully saturated rings. The summed E-state index contributed by atoms with van der Waals surface area (Å²) in [6, 6.07) is 7.14. The molecular weight excluding hydrogens is 341 g/mol. The van der Waals surface area contributed by atoms with E-state index in [0.29, 0.717) is 18.5 Å². The topological polar surface area (TPSA) is 66.6 Å². The largest absolute Gasteiger partial charge is 0.393 e. The Morgan fingerprint density at radius 3 is 2.96 bits per heavy atom. The number of fused-ring (bicyclic) bond motifs is 1. The van der Waals surface area contributed by atoms with E-state index in [2.05, 4.69) is 10.3 Å². The van der Waals surface area contributed by atoms with E-state index >= 15 is 0 Å². The predicted octanol–water partition coefficient (Wildman–Crippen LogP) is 3.09. The second-order valence-electron chi connectivity index (χ2n) is 6.54. The summed E-state index contributed by atoms with van der Waals surface area (Å²) in [4.78, 5) is 17.8. The Balaban J connectivity index is 1.62. The summed E-state index contributed by atoms with van der Waals surface area (Å²) in [5, 5.41) is 14.5. The highest BCUT2D eigenvalue weighted by Gasteiger charge is 2.37. The number of carbonyl (C=O) groups excluding carboxylic acids is 1. The Bertz CT molecular complexity index is 916. The van der Waals surface area contributed by atoms with E-state index in [1.54, 1.807) is 29.7 Å². The van der Waals surface area contributed by atoms with Gasteiger partial charge in [0.2, 0.25) is 5.95 Å². The van der Waals surface area contributed by atoms with E-state index in [9.17, 15) is 14.3 Å². The van der Waals surface area contributed by atoms with Crippen molar-refractivity contribution >= 4 is 22.9 Å². The second kappa shape index (κ2) is 6.24. The second-order valence-corrected chi connectivity index (χ2v) is 7.51. The first-order chi connectivity index (χ1) is 12.0. The van der Waals surface area contributed by atoms with Gasteiger partial charge in [-0.3, -0.25) is 9.20 Å². The minimum absolute atomic E-state index is 0.153. The molecule has 2 N–H and O–H groups in total. The summed E-state index contributed by atoms with van der Waals surface area (Å²) >= 11 is 1.54. The highest BCUT2D eigenvalue weighted by Crippen LogP contribution is 2.39. The SMILES string of the molecule is Cc1ccn2c(F)c(C(=O)NC(c3cccs3)C3CC(O)C3)nc2c1. The van der Waals surface area contributed by atoms with Crippen LogP contribution in [0.5, 0.6) is 0 Å². The molecule has 130 valence electrons. The summed E-state index contributed by atoms with van der Waals surface area (Å²) in [7, 11) is 0. The Morgan fingerprint density at radius 2 is 2.28 bits per heavy atom. The number of aryl methyl sites for hydroxylation is 1. The number of hydrogen-bond donors (Lipinski definition) is 2. The van der Waals surface area contributed by atoms with Crippen LogP contribution in [0.4, 0.5) is 4.39 Å². The van der Waals surface area contributed by atoms with Gasteiger partial charge in [-0.1, -0.05) is 6.07 Å². The lowest BCUT2D eigenvalue weighted by Crippen LogP contribution is -2.41. The molecule has 1 atom stereocenters. The minimum Gasteiger partial charge on any atom is -0.393 e. The third-order valence-electron chi connectivity index (χ3n) is 4.70. The Kier molecular flexibility index (Phi) is 4.05. The number of aromatic nitrogens is 2. The lowest BCUT2D eigenvalue weighted by Gasteiger charge is -2.37. The zero-order valence-electron chi connectivity index (χ0n) is 13.6. The average molecular weight is 359 g/mol. The molecule has 0 aliphatic heterocycles. The summed E-state index contributed by atoms with van der Waals surface area (Å²) in [6.45, 7) is 1.89. The number of halogens is 1. The van der Waals surface area contributed by atoms with Crippen molar-refractivity contribution < 1.29 is 14.3 Å². The van der Waals surface area contributed by atoms with Gasteiger partial charge < -0.3 is 10.4 Å². The van der Waals surface area contributed by atoms with Crippen LogP contribution in [0.25, 0.3) is 5.65 Å². The van der Waals surface area contributed by atoms with Gasteiger partial charge in [0.25, 0.3) is 5.91 Å². The number of nitrogens with zero attached hydrogens (tertiary/aromatic N) is 2. The van der Waals surface area contributed by atoms with Crippen molar-refractivity contribution in [2.24, 2.45) is 5.92 Å². The molecule has 1 amide bonds. The molecule has 0 bridgehead atoms. The van der Waals surface area contributed by atoms with Gasteiger partial charge in [-0.2, -0.15) is 4.39 Å². The highest BCUT2D eigenvalue weighted by atomic mass is 32.1. The first-order valence-corrected chi connectivity index (χ1v) is 9.07. The number of aliphatic hydroxyl groups excluding tert-OH is 1. The number of pyridine rings is 1. The van der Waals surface area contributed by atoms with E-state index in [4.69, 9.17) is 0 Å². The van der Waals surface area contributed by atoms with Gasteiger partial charge in [-0.05, 0) is 54.8 Å². The average Bonchev–Trinajstić information content (AvgIpc) is 3.18. The molecular formula is C18H18FN3O2S. The first kappa shape index (κ1) is 16.2. The third-order valence-corrected chi connectivity index (χ3v) is 5.65. The molecule has 25 heavy (non-hydrogen) atoms. The lowest BCUT2D eigenvalue weighted by atomic mass is 9.76. The normalized spacial score (nSPS) is 21.1. The van der Waals surface area contributed by atoms with Crippen LogP contribution >= 0.6 is 11.3 Å². The summed E-state index contributed by atoms with van der Waals surface area (Å²) in [6.07, 6.45) is 2.52. The number of thiophene rings is 1. The fourth-order valence-corrected chi connectivity index (χ4v) is 4.13. The van der Waals surface area contributed by atoms with Crippen LogP contribution in [0.15, 0.2) is 35.8 Å². The molecule has 7 heteroatoms. The van der Waals surface area contributed by atoms with Crippen LogP contribution in [0.1, 0.15) is 39.8 Å². The molecule has 0 radical (unpaired) electrons. The first-order valence-electron chi connectivity index (χ1n) is 8.19. The fourth-order valence-electron chi connectivity index (χ4n) is 3.26. The summed E-state index contributed by atoms with van der Waals surface area (Å²) in [5.74, 6) is -1.04. The molecule has 1 unspecified atom stereocenters. The van der Waals surface area contributed by atoms with Crippen LogP contribution in [0.3, 0.4) is 0 Å². The molecule has 3 heterocycles. The van der Waals surface area contributed by atoms with Crippen molar-refractivity contribution in [1.82, 2.24) is 14.7 Å². The van der Waals surface area contributed by atoms with Gasteiger partial charge in [-0.25, -0.2) is 4.98 Å². The standard InChI is InChI=1S/C18H18FN3O2S/c1-10-4-5-22-14(7-10)20-16(17(22)19)18(24)21-15(11-8-12(23)9-11)13-3-2-6-25-13/h2-7,11-12,15,23H,8-9H2,1H3,(H,21,24). The third kappa shape index (κ3) is 2.94. The number of imidazole rings is 1. The number of hydrogen-bond acceptors (Lipinski definition) is 4. The molecule has 3 aromatic rings.